The summed E-state index contributed by atoms with van der Waals surface area (Å²) in [5.41, 5.74) is 0.881. The molecule has 0 aliphatic carbocycles. The van der Waals surface area contributed by atoms with E-state index in [9.17, 15) is 9.59 Å². The first-order valence-electron chi connectivity index (χ1n) is 9.25. The lowest BCUT2D eigenvalue weighted by Gasteiger charge is -2.48. The van der Waals surface area contributed by atoms with Gasteiger partial charge in [-0.3, -0.25) is 4.79 Å². The number of nitrogens with zero attached hydrogens (tertiary/aromatic N) is 1. The zero-order valence-electron chi connectivity index (χ0n) is 16.1. The lowest BCUT2D eigenvalue weighted by Crippen LogP contribution is -2.64. The molecule has 0 radical (unpaired) electrons. The molecule has 2 rings (SSSR count). The van der Waals surface area contributed by atoms with Crippen LogP contribution in [0.4, 0.5) is 4.79 Å². The van der Waals surface area contributed by atoms with Gasteiger partial charge in [0, 0.05) is 7.11 Å². The van der Waals surface area contributed by atoms with Crippen molar-refractivity contribution in [2.75, 3.05) is 20.3 Å². The van der Waals surface area contributed by atoms with Crippen molar-refractivity contribution in [3.05, 3.63) is 35.9 Å². The van der Waals surface area contributed by atoms with Gasteiger partial charge in [0.05, 0.1) is 6.61 Å². The Morgan fingerprint density at radius 3 is 2.23 bits per heavy atom. The van der Waals surface area contributed by atoms with Gasteiger partial charge in [0.1, 0.15) is 12.6 Å². The van der Waals surface area contributed by atoms with Gasteiger partial charge in [-0.15, -0.1) is 0 Å². The first-order valence-corrected chi connectivity index (χ1v) is 11.8. The highest BCUT2D eigenvalue weighted by Gasteiger charge is 2.55. The summed E-state index contributed by atoms with van der Waals surface area (Å²) < 4.78 is 16.5. The van der Waals surface area contributed by atoms with Crippen molar-refractivity contribution < 1.29 is 23.5 Å². The molecule has 1 aliphatic heterocycles. The largest absolute Gasteiger partial charge is 0.447 e. The van der Waals surface area contributed by atoms with Crippen molar-refractivity contribution in [2.24, 2.45) is 0 Å². The number of hydrogen-bond donors (Lipinski definition) is 0. The monoisotopic (exact) mass is 379 g/mol. The fourth-order valence-corrected chi connectivity index (χ4v) is 6.07. The highest BCUT2D eigenvalue weighted by atomic mass is 28.4. The summed E-state index contributed by atoms with van der Waals surface area (Å²) in [5.74, 6) is -0.312. The Bertz CT molecular complexity index is 597. The Morgan fingerprint density at radius 2 is 1.69 bits per heavy atom. The molecule has 1 fully saturated rings. The van der Waals surface area contributed by atoms with Crippen molar-refractivity contribution in [3.8, 4) is 0 Å². The summed E-state index contributed by atoms with van der Waals surface area (Å²) in [5, 5.41) is 0. The quantitative estimate of drug-likeness (QED) is 0.371. The van der Waals surface area contributed by atoms with Gasteiger partial charge in [-0.25, -0.2) is 9.69 Å². The number of β-lactam (4-membered cyclic amide) rings is 1. The number of ether oxygens (including phenoxy) is 2. The normalized spacial score (nSPS) is 20.0. The van der Waals surface area contributed by atoms with Gasteiger partial charge in [0.15, 0.2) is 14.4 Å². The molecule has 7 heteroatoms. The molecule has 0 N–H and O–H groups in total. The highest BCUT2D eigenvalue weighted by molar-refractivity contribution is 6.73. The standard InChI is InChI=1S/C19H29NO5Si/c1-5-26(6-2,7-3)25-17-16(15-11-9-8-10-12-15)20(18(17)21)19(22)24-14-13-23-4/h8-12,16-17H,5-7,13-14H2,1-4H3. The number of carbonyl (C=O) groups excluding carboxylic acids is 2. The molecule has 2 unspecified atom stereocenters. The third-order valence-corrected chi connectivity index (χ3v) is 9.83. The van der Waals surface area contributed by atoms with Gasteiger partial charge in [0.25, 0.3) is 5.91 Å². The van der Waals surface area contributed by atoms with E-state index in [1.54, 1.807) is 0 Å². The summed E-state index contributed by atoms with van der Waals surface area (Å²) in [6.45, 7) is 6.77. The fraction of sp³-hybridized carbons (Fsp3) is 0.579. The predicted molar refractivity (Wildman–Crippen MR) is 101 cm³/mol. The number of amides is 2. The maximum absolute atomic E-state index is 12.7. The zero-order valence-corrected chi connectivity index (χ0v) is 17.1. The SMILES string of the molecule is CC[Si](CC)(CC)OC1C(=O)N(C(=O)OCCOC)C1c1ccccc1. The van der Waals surface area contributed by atoms with E-state index in [1.165, 1.54) is 12.0 Å². The second-order valence-corrected chi connectivity index (χ2v) is 11.2. The lowest BCUT2D eigenvalue weighted by atomic mass is 9.91. The van der Waals surface area contributed by atoms with Crippen molar-refractivity contribution in [3.63, 3.8) is 0 Å². The van der Waals surface area contributed by atoms with Crippen molar-refractivity contribution in [1.29, 1.82) is 0 Å². The molecule has 6 nitrogen and oxygen atoms in total. The third kappa shape index (κ3) is 4.16. The van der Waals surface area contributed by atoms with E-state index in [2.05, 4.69) is 20.8 Å². The number of carbonyl (C=O) groups is 2. The minimum Gasteiger partial charge on any atom is -0.447 e. The van der Waals surface area contributed by atoms with Crippen LogP contribution in [0.5, 0.6) is 0 Å². The van der Waals surface area contributed by atoms with Crippen LogP contribution in [0, 0.1) is 0 Å². The molecule has 1 aliphatic rings. The zero-order chi connectivity index (χ0) is 19.2. The van der Waals surface area contributed by atoms with E-state index in [4.69, 9.17) is 13.9 Å². The molecule has 144 valence electrons. The smallest absolute Gasteiger partial charge is 0.417 e. The van der Waals surface area contributed by atoms with Gasteiger partial charge in [-0.1, -0.05) is 51.1 Å². The summed E-state index contributed by atoms with van der Waals surface area (Å²) in [6.07, 6.45) is -1.25. The molecule has 26 heavy (non-hydrogen) atoms. The molecule has 1 aromatic carbocycles. The van der Waals surface area contributed by atoms with E-state index in [-0.39, 0.29) is 12.5 Å². The molecule has 2 atom stereocenters. The number of likely N-dealkylation sites (tertiary alicyclic amines) is 1. The van der Waals surface area contributed by atoms with Crippen molar-refractivity contribution >= 4 is 20.3 Å². The average Bonchev–Trinajstić information content (AvgIpc) is 2.68. The Hall–Kier alpha value is -1.70. The summed E-state index contributed by atoms with van der Waals surface area (Å²) in [4.78, 5) is 26.3. The van der Waals surface area contributed by atoms with Crippen LogP contribution in [0.15, 0.2) is 30.3 Å². The van der Waals surface area contributed by atoms with Crippen molar-refractivity contribution in [2.45, 2.75) is 51.0 Å². The number of benzene rings is 1. The van der Waals surface area contributed by atoms with Crippen LogP contribution < -0.4 is 0 Å². The highest BCUT2D eigenvalue weighted by Crippen LogP contribution is 2.40. The fourth-order valence-electron chi connectivity index (χ4n) is 3.31. The van der Waals surface area contributed by atoms with Crippen LogP contribution >= 0.6 is 0 Å². The van der Waals surface area contributed by atoms with Gasteiger partial charge in [-0.05, 0) is 23.7 Å². The second-order valence-electron chi connectivity index (χ2n) is 6.45. The molecule has 2 amide bonds. The van der Waals surface area contributed by atoms with Gasteiger partial charge in [-0.2, -0.15) is 0 Å². The summed E-state index contributed by atoms with van der Waals surface area (Å²) >= 11 is 0. The minimum absolute atomic E-state index is 0.115. The van der Waals surface area contributed by atoms with Crippen LogP contribution in [0.2, 0.25) is 18.1 Å². The van der Waals surface area contributed by atoms with Gasteiger partial charge in [0.2, 0.25) is 0 Å². The first-order chi connectivity index (χ1) is 12.5. The third-order valence-electron chi connectivity index (χ3n) is 5.21. The maximum atomic E-state index is 12.7. The Labute approximate surface area is 156 Å². The first kappa shape index (κ1) is 20.6. The Kier molecular flexibility index (Phi) is 7.37. The second kappa shape index (κ2) is 9.30. The topological polar surface area (TPSA) is 65.1 Å². The molecular formula is C19H29NO5Si. The van der Waals surface area contributed by atoms with E-state index < -0.39 is 26.6 Å². The maximum Gasteiger partial charge on any atom is 0.417 e. The van der Waals surface area contributed by atoms with Gasteiger partial charge >= 0.3 is 6.09 Å². The number of rotatable bonds is 9. The number of imide groups is 1. The molecule has 0 spiro atoms. The summed E-state index contributed by atoms with van der Waals surface area (Å²) in [6, 6.07) is 11.9. The number of hydrogen-bond acceptors (Lipinski definition) is 5. The van der Waals surface area contributed by atoms with Crippen LogP contribution in [0.3, 0.4) is 0 Å². The number of methoxy groups -OCH3 is 1. The molecule has 0 aromatic heterocycles. The molecule has 0 saturated carbocycles. The van der Waals surface area contributed by atoms with Crippen LogP contribution in [0.1, 0.15) is 32.4 Å². The molecule has 1 saturated heterocycles. The van der Waals surface area contributed by atoms with Crippen LogP contribution in [-0.4, -0.2) is 51.6 Å². The molecule has 1 heterocycles. The summed E-state index contributed by atoms with van der Waals surface area (Å²) in [7, 11) is -0.450. The molecule has 1 aromatic rings. The van der Waals surface area contributed by atoms with E-state index in [0.717, 1.165) is 23.7 Å². The lowest BCUT2D eigenvalue weighted by molar-refractivity contribution is -0.161. The van der Waals surface area contributed by atoms with E-state index in [0.29, 0.717) is 6.61 Å². The average molecular weight is 380 g/mol. The Balaban J connectivity index is 2.23. The predicted octanol–water partition coefficient (Wildman–Crippen LogP) is 3.74. The Morgan fingerprint density at radius 1 is 1.08 bits per heavy atom. The molecular weight excluding hydrogens is 350 g/mol. The van der Waals surface area contributed by atoms with Gasteiger partial charge < -0.3 is 13.9 Å². The molecule has 0 bridgehead atoms. The van der Waals surface area contributed by atoms with E-state index in [1.807, 2.05) is 30.3 Å². The van der Waals surface area contributed by atoms with E-state index >= 15 is 0 Å². The minimum atomic E-state index is -1.98. The van der Waals surface area contributed by atoms with Crippen molar-refractivity contribution in [1.82, 2.24) is 4.90 Å². The van der Waals surface area contributed by atoms with Crippen LogP contribution in [0.25, 0.3) is 0 Å². The van der Waals surface area contributed by atoms with Crippen LogP contribution in [-0.2, 0) is 18.7 Å².